The third-order valence-corrected chi connectivity index (χ3v) is 3.38. The second-order valence-corrected chi connectivity index (χ2v) is 4.99. The first kappa shape index (κ1) is 13.4. The molecule has 5 nitrogen and oxygen atoms in total. The molecule has 19 heavy (non-hydrogen) atoms. The van der Waals surface area contributed by atoms with Crippen molar-refractivity contribution >= 4 is 11.9 Å². The highest BCUT2D eigenvalue weighted by atomic mass is 16.4. The Bertz CT molecular complexity index is 508. The minimum absolute atomic E-state index is 0.0510. The number of carbonyl (C=O) groups excluding carboxylic acids is 1. The lowest BCUT2D eigenvalue weighted by Gasteiger charge is -2.17. The summed E-state index contributed by atoms with van der Waals surface area (Å²) in [6.07, 6.45) is 1.80. The first-order chi connectivity index (χ1) is 8.99. The van der Waals surface area contributed by atoms with E-state index in [1.54, 1.807) is 19.1 Å². The molecule has 0 radical (unpaired) electrons. The lowest BCUT2D eigenvalue weighted by molar-refractivity contribution is -0.137. The van der Waals surface area contributed by atoms with Crippen LogP contribution in [0.1, 0.15) is 35.2 Å². The molecule has 1 aliphatic rings. The highest BCUT2D eigenvalue weighted by Crippen LogP contribution is 2.34. The van der Waals surface area contributed by atoms with Gasteiger partial charge in [0.1, 0.15) is 5.75 Å². The number of phenols is 1. The summed E-state index contributed by atoms with van der Waals surface area (Å²) in [6.45, 7) is 1.71. The number of nitrogens with one attached hydrogen (secondary N) is 1. The van der Waals surface area contributed by atoms with Gasteiger partial charge in [0.05, 0.1) is 12.0 Å². The van der Waals surface area contributed by atoms with Gasteiger partial charge in [-0.05, 0) is 37.3 Å². The molecule has 1 fully saturated rings. The highest BCUT2D eigenvalue weighted by molar-refractivity contribution is 5.97. The minimum atomic E-state index is -0.925. The number of aliphatic carboxylic acids is 1. The molecule has 1 saturated carbocycles. The quantitative estimate of drug-likeness (QED) is 0.754. The third kappa shape index (κ3) is 3.24. The molecule has 1 aromatic rings. The lowest BCUT2D eigenvalue weighted by Crippen LogP contribution is -2.38. The molecule has 3 N–H and O–H groups in total. The molecule has 0 saturated heterocycles. The van der Waals surface area contributed by atoms with Crippen LogP contribution in [-0.2, 0) is 4.79 Å². The number of carboxylic acid groups (broad SMARTS) is 1. The SMILES string of the molecule is Cc1cccc(C(=O)NC(CC(=O)O)C2CC2)c1O. The summed E-state index contributed by atoms with van der Waals surface area (Å²) in [6, 6.07) is 4.57. The fourth-order valence-corrected chi connectivity index (χ4v) is 2.11. The second-order valence-electron chi connectivity index (χ2n) is 4.99. The van der Waals surface area contributed by atoms with Crippen molar-refractivity contribution in [2.24, 2.45) is 5.92 Å². The zero-order chi connectivity index (χ0) is 14.0. The zero-order valence-corrected chi connectivity index (χ0v) is 10.7. The zero-order valence-electron chi connectivity index (χ0n) is 10.7. The monoisotopic (exact) mass is 263 g/mol. The van der Waals surface area contributed by atoms with Crippen LogP contribution >= 0.6 is 0 Å². The molecule has 1 amide bonds. The van der Waals surface area contributed by atoms with Crippen molar-refractivity contribution in [3.63, 3.8) is 0 Å². The van der Waals surface area contributed by atoms with E-state index >= 15 is 0 Å². The summed E-state index contributed by atoms with van der Waals surface area (Å²) in [5.41, 5.74) is 0.810. The van der Waals surface area contributed by atoms with E-state index < -0.39 is 11.9 Å². The number of hydrogen-bond acceptors (Lipinski definition) is 3. The maximum absolute atomic E-state index is 12.1. The number of hydrogen-bond donors (Lipinski definition) is 3. The normalized spacial score (nSPS) is 15.8. The number of benzene rings is 1. The number of amides is 1. The van der Waals surface area contributed by atoms with Crippen LogP contribution in [0.4, 0.5) is 0 Å². The molecule has 1 aromatic carbocycles. The van der Waals surface area contributed by atoms with Crippen LogP contribution in [0.3, 0.4) is 0 Å². The van der Waals surface area contributed by atoms with Gasteiger partial charge >= 0.3 is 5.97 Å². The molecule has 5 heteroatoms. The van der Waals surface area contributed by atoms with Crippen molar-refractivity contribution in [3.05, 3.63) is 29.3 Å². The van der Waals surface area contributed by atoms with Crippen molar-refractivity contribution in [2.75, 3.05) is 0 Å². The average molecular weight is 263 g/mol. The summed E-state index contributed by atoms with van der Waals surface area (Å²) >= 11 is 0. The molecular weight excluding hydrogens is 246 g/mol. The Labute approximate surface area is 111 Å². The van der Waals surface area contributed by atoms with Crippen LogP contribution in [-0.4, -0.2) is 28.1 Å². The molecule has 0 spiro atoms. The van der Waals surface area contributed by atoms with E-state index in [0.717, 1.165) is 12.8 Å². The fourth-order valence-electron chi connectivity index (χ4n) is 2.11. The van der Waals surface area contributed by atoms with Crippen molar-refractivity contribution in [1.29, 1.82) is 0 Å². The van der Waals surface area contributed by atoms with E-state index in [1.807, 2.05) is 0 Å². The molecule has 0 aliphatic heterocycles. The molecular formula is C14H17NO4. The Morgan fingerprint density at radius 2 is 2.11 bits per heavy atom. The molecule has 1 unspecified atom stereocenters. The van der Waals surface area contributed by atoms with E-state index in [4.69, 9.17) is 5.11 Å². The van der Waals surface area contributed by atoms with Crippen LogP contribution in [0.5, 0.6) is 5.75 Å². The summed E-state index contributed by atoms with van der Waals surface area (Å²) in [5.74, 6) is -1.15. The Morgan fingerprint density at radius 1 is 1.42 bits per heavy atom. The van der Waals surface area contributed by atoms with Crippen molar-refractivity contribution in [2.45, 2.75) is 32.2 Å². The van der Waals surface area contributed by atoms with Gasteiger partial charge < -0.3 is 15.5 Å². The Morgan fingerprint density at radius 3 is 2.68 bits per heavy atom. The number of aromatic hydroxyl groups is 1. The van der Waals surface area contributed by atoms with Gasteiger partial charge in [0.15, 0.2) is 0 Å². The van der Waals surface area contributed by atoms with E-state index in [-0.39, 0.29) is 29.7 Å². The number of rotatable bonds is 5. The van der Waals surface area contributed by atoms with E-state index in [1.165, 1.54) is 6.07 Å². The summed E-state index contributed by atoms with van der Waals surface area (Å²) in [7, 11) is 0. The van der Waals surface area contributed by atoms with Crippen LogP contribution in [0.15, 0.2) is 18.2 Å². The largest absolute Gasteiger partial charge is 0.507 e. The lowest BCUT2D eigenvalue weighted by atomic mass is 10.1. The topological polar surface area (TPSA) is 86.6 Å². The minimum Gasteiger partial charge on any atom is -0.507 e. The van der Waals surface area contributed by atoms with Crippen molar-refractivity contribution in [3.8, 4) is 5.75 Å². The predicted octanol–water partition coefficient (Wildman–Crippen LogP) is 1.68. The molecule has 1 aliphatic carbocycles. The Hall–Kier alpha value is -2.04. The number of carboxylic acids is 1. The summed E-state index contributed by atoms with van der Waals surface area (Å²) in [4.78, 5) is 22.9. The van der Waals surface area contributed by atoms with E-state index in [0.29, 0.717) is 5.56 Å². The fraction of sp³-hybridized carbons (Fsp3) is 0.429. The van der Waals surface area contributed by atoms with Gasteiger partial charge in [-0.25, -0.2) is 0 Å². The van der Waals surface area contributed by atoms with Crippen LogP contribution in [0.2, 0.25) is 0 Å². The van der Waals surface area contributed by atoms with Gasteiger partial charge in [0, 0.05) is 6.04 Å². The molecule has 102 valence electrons. The van der Waals surface area contributed by atoms with Gasteiger partial charge in [-0.15, -0.1) is 0 Å². The predicted molar refractivity (Wildman–Crippen MR) is 69.1 cm³/mol. The maximum atomic E-state index is 12.1. The van der Waals surface area contributed by atoms with Crippen molar-refractivity contribution in [1.82, 2.24) is 5.32 Å². The molecule has 1 atom stereocenters. The Balaban J connectivity index is 2.10. The van der Waals surface area contributed by atoms with Crippen LogP contribution in [0.25, 0.3) is 0 Å². The standard InChI is InChI=1S/C14H17NO4/c1-8-3-2-4-10(13(8)18)14(19)15-11(7-12(16)17)9-5-6-9/h2-4,9,11,18H,5-7H2,1H3,(H,15,19)(H,16,17). The smallest absolute Gasteiger partial charge is 0.305 e. The average Bonchev–Trinajstić information content (AvgIpc) is 3.15. The molecule has 0 bridgehead atoms. The van der Waals surface area contributed by atoms with Gasteiger partial charge in [0.25, 0.3) is 5.91 Å². The van der Waals surface area contributed by atoms with Gasteiger partial charge in [0.2, 0.25) is 0 Å². The highest BCUT2D eigenvalue weighted by Gasteiger charge is 2.34. The first-order valence-corrected chi connectivity index (χ1v) is 6.30. The third-order valence-electron chi connectivity index (χ3n) is 3.38. The number of para-hydroxylation sites is 1. The number of aryl methyl sites for hydroxylation is 1. The number of carbonyl (C=O) groups is 2. The summed E-state index contributed by atoms with van der Waals surface area (Å²) < 4.78 is 0. The van der Waals surface area contributed by atoms with Crippen LogP contribution < -0.4 is 5.32 Å². The second kappa shape index (κ2) is 5.30. The molecule has 2 rings (SSSR count). The van der Waals surface area contributed by atoms with E-state index in [2.05, 4.69) is 5.32 Å². The van der Waals surface area contributed by atoms with Crippen LogP contribution in [0, 0.1) is 12.8 Å². The summed E-state index contributed by atoms with van der Waals surface area (Å²) in [5, 5.41) is 21.4. The molecule has 0 heterocycles. The molecule has 0 aromatic heterocycles. The van der Waals surface area contributed by atoms with Gasteiger partial charge in [-0.2, -0.15) is 0 Å². The maximum Gasteiger partial charge on any atom is 0.305 e. The first-order valence-electron chi connectivity index (χ1n) is 6.30. The number of phenolic OH excluding ortho intramolecular Hbond substituents is 1. The van der Waals surface area contributed by atoms with E-state index in [9.17, 15) is 14.7 Å². The van der Waals surface area contributed by atoms with Gasteiger partial charge in [-0.3, -0.25) is 9.59 Å². The van der Waals surface area contributed by atoms with Gasteiger partial charge in [-0.1, -0.05) is 12.1 Å². The Kier molecular flexibility index (Phi) is 3.74. The van der Waals surface area contributed by atoms with Crippen molar-refractivity contribution < 1.29 is 19.8 Å².